The highest BCUT2D eigenvalue weighted by molar-refractivity contribution is 7.71. The Hall–Kier alpha value is -4.04. The molecule has 31 heavy (non-hydrogen) atoms. The molecule has 8 heteroatoms. The van der Waals surface area contributed by atoms with E-state index in [4.69, 9.17) is 17.3 Å². The standard InChI is InChI=1S/C23H18N6OS/c30-22(17-10-12-24-13-11-17)27-29-21(16-6-2-1-3-7-16)26-28(23(29)31)15-18-14-25-20-9-5-4-8-19(18)20/h1-14,25H,15H2,(H,27,30). The number of rotatable bonds is 5. The van der Waals surface area contributed by atoms with Gasteiger partial charge in [-0.1, -0.05) is 48.5 Å². The number of carbonyl (C=O) groups excluding carboxylic acids is 1. The third kappa shape index (κ3) is 3.64. The first-order chi connectivity index (χ1) is 15.2. The minimum Gasteiger partial charge on any atom is -0.361 e. The number of benzene rings is 2. The summed E-state index contributed by atoms with van der Waals surface area (Å²) in [7, 11) is 0. The number of amides is 1. The predicted octanol–water partition coefficient (Wildman–Crippen LogP) is 4.39. The van der Waals surface area contributed by atoms with Crippen molar-refractivity contribution in [2.75, 3.05) is 5.43 Å². The molecule has 3 aromatic heterocycles. The van der Waals surface area contributed by atoms with Crippen LogP contribution in [0.25, 0.3) is 22.3 Å². The third-order valence-corrected chi connectivity index (χ3v) is 5.42. The fourth-order valence-electron chi connectivity index (χ4n) is 3.48. The Morgan fingerprint density at radius 1 is 1.00 bits per heavy atom. The van der Waals surface area contributed by atoms with E-state index < -0.39 is 0 Å². The number of para-hydroxylation sites is 1. The van der Waals surface area contributed by atoms with Gasteiger partial charge in [0.15, 0.2) is 5.82 Å². The van der Waals surface area contributed by atoms with Crippen LogP contribution in [0.2, 0.25) is 0 Å². The summed E-state index contributed by atoms with van der Waals surface area (Å²) in [6.45, 7) is 0.473. The summed E-state index contributed by atoms with van der Waals surface area (Å²) in [6, 6.07) is 21.0. The number of hydrogen-bond acceptors (Lipinski definition) is 4. The van der Waals surface area contributed by atoms with Crippen molar-refractivity contribution < 1.29 is 4.79 Å². The number of nitrogens with zero attached hydrogens (tertiary/aromatic N) is 4. The van der Waals surface area contributed by atoms with Gasteiger partial charge in [-0.25, -0.2) is 9.36 Å². The van der Waals surface area contributed by atoms with Gasteiger partial charge in [0.1, 0.15) is 0 Å². The quantitative estimate of drug-likeness (QED) is 0.409. The van der Waals surface area contributed by atoms with Crippen molar-refractivity contribution in [3.63, 3.8) is 0 Å². The molecule has 0 saturated carbocycles. The van der Waals surface area contributed by atoms with Crippen LogP contribution in [0.4, 0.5) is 0 Å². The van der Waals surface area contributed by atoms with E-state index in [2.05, 4.69) is 21.5 Å². The number of nitrogens with one attached hydrogen (secondary N) is 2. The van der Waals surface area contributed by atoms with Gasteiger partial charge in [-0.2, -0.15) is 0 Å². The molecule has 2 N–H and O–H groups in total. The zero-order valence-electron chi connectivity index (χ0n) is 16.4. The Morgan fingerprint density at radius 3 is 2.55 bits per heavy atom. The smallest absolute Gasteiger partial charge is 0.270 e. The Morgan fingerprint density at radius 2 is 1.74 bits per heavy atom. The second-order valence-electron chi connectivity index (χ2n) is 7.00. The Kier molecular flexibility index (Phi) is 4.89. The van der Waals surface area contributed by atoms with Crippen LogP contribution in [0, 0.1) is 4.77 Å². The highest BCUT2D eigenvalue weighted by Gasteiger charge is 2.17. The zero-order chi connectivity index (χ0) is 21.2. The molecule has 5 aromatic rings. The van der Waals surface area contributed by atoms with Crippen LogP contribution in [-0.2, 0) is 6.54 Å². The maximum Gasteiger partial charge on any atom is 0.270 e. The van der Waals surface area contributed by atoms with E-state index in [1.807, 2.05) is 54.7 Å². The highest BCUT2D eigenvalue weighted by atomic mass is 32.1. The molecule has 0 radical (unpaired) electrons. The van der Waals surface area contributed by atoms with Crippen LogP contribution in [-0.4, -0.2) is 30.3 Å². The van der Waals surface area contributed by atoms with Gasteiger partial charge >= 0.3 is 0 Å². The summed E-state index contributed by atoms with van der Waals surface area (Å²) in [6.07, 6.45) is 5.11. The first-order valence-electron chi connectivity index (χ1n) is 9.72. The van der Waals surface area contributed by atoms with Gasteiger partial charge in [0.05, 0.1) is 6.54 Å². The average Bonchev–Trinajstić information content (AvgIpc) is 3.37. The van der Waals surface area contributed by atoms with E-state index in [0.29, 0.717) is 22.7 Å². The lowest BCUT2D eigenvalue weighted by Crippen LogP contribution is -2.24. The Bertz CT molecular complexity index is 1420. The SMILES string of the molecule is O=C(Nn1c(-c2ccccc2)nn(Cc2c[nH]c3ccccc23)c1=S)c1ccncc1. The van der Waals surface area contributed by atoms with E-state index in [9.17, 15) is 4.79 Å². The lowest BCUT2D eigenvalue weighted by molar-refractivity contribution is 0.101. The largest absolute Gasteiger partial charge is 0.361 e. The monoisotopic (exact) mass is 426 g/mol. The molecular formula is C23H18N6OS. The molecule has 0 atom stereocenters. The predicted molar refractivity (Wildman–Crippen MR) is 122 cm³/mol. The van der Waals surface area contributed by atoms with Crippen LogP contribution in [0.1, 0.15) is 15.9 Å². The fraction of sp³-hybridized carbons (Fsp3) is 0.0435. The minimum atomic E-state index is -0.290. The van der Waals surface area contributed by atoms with Gasteiger partial charge in [0.2, 0.25) is 4.77 Å². The molecule has 0 aliphatic carbocycles. The number of aromatic nitrogens is 5. The van der Waals surface area contributed by atoms with Crippen molar-refractivity contribution in [2.45, 2.75) is 6.54 Å². The third-order valence-electron chi connectivity index (χ3n) is 5.02. The number of fused-ring (bicyclic) bond motifs is 1. The molecule has 5 rings (SSSR count). The molecule has 0 saturated heterocycles. The van der Waals surface area contributed by atoms with E-state index >= 15 is 0 Å². The first-order valence-corrected chi connectivity index (χ1v) is 10.1. The van der Waals surface area contributed by atoms with Crippen molar-refractivity contribution in [1.82, 2.24) is 24.4 Å². The topological polar surface area (TPSA) is 80.5 Å². The van der Waals surface area contributed by atoms with Gasteiger partial charge in [-0.3, -0.25) is 15.2 Å². The summed E-state index contributed by atoms with van der Waals surface area (Å²) in [4.78, 5) is 20.0. The number of pyridine rings is 1. The minimum absolute atomic E-state index is 0.290. The summed E-state index contributed by atoms with van der Waals surface area (Å²) >= 11 is 5.70. The van der Waals surface area contributed by atoms with Gasteiger partial charge in [-0.05, 0) is 36.0 Å². The summed E-state index contributed by atoms with van der Waals surface area (Å²) < 4.78 is 3.68. The van der Waals surface area contributed by atoms with Gasteiger partial charge < -0.3 is 4.98 Å². The van der Waals surface area contributed by atoms with Crippen LogP contribution in [0.3, 0.4) is 0 Å². The number of aromatic amines is 1. The maximum atomic E-state index is 12.8. The molecule has 0 bridgehead atoms. The van der Waals surface area contributed by atoms with Crippen molar-refractivity contribution >= 4 is 29.0 Å². The summed E-state index contributed by atoms with van der Waals surface area (Å²) in [5.74, 6) is 0.273. The Labute approximate surface area is 183 Å². The van der Waals surface area contributed by atoms with Crippen LogP contribution < -0.4 is 5.43 Å². The second-order valence-corrected chi connectivity index (χ2v) is 7.37. The molecule has 0 aliphatic heterocycles. The summed E-state index contributed by atoms with van der Waals surface area (Å²) in [5, 5.41) is 5.85. The molecule has 3 heterocycles. The van der Waals surface area contributed by atoms with Crippen molar-refractivity contribution in [2.24, 2.45) is 0 Å². The number of hydrogen-bond donors (Lipinski definition) is 2. The maximum absolute atomic E-state index is 12.8. The molecule has 1 amide bonds. The van der Waals surface area contributed by atoms with Gasteiger partial charge in [0, 0.05) is 40.6 Å². The summed E-state index contributed by atoms with van der Waals surface area (Å²) in [5.41, 5.74) is 6.34. The normalized spacial score (nSPS) is 11.0. The molecule has 152 valence electrons. The fourth-order valence-corrected chi connectivity index (χ4v) is 3.72. The molecule has 0 unspecified atom stereocenters. The molecule has 7 nitrogen and oxygen atoms in total. The van der Waals surface area contributed by atoms with Crippen LogP contribution in [0.5, 0.6) is 0 Å². The molecule has 0 fully saturated rings. The van der Waals surface area contributed by atoms with Gasteiger partial charge in [0.25, 0.3) is 5.91 Å². The average molecular weight is 427 g/mol. The van der Waals surface area contributed by atoms with E-state index in [1.165, 1.54) is 0 Å². The van der Waals surface area contributed by atoms with E-state index in [-0.39, 0.29) is 5.91 Å². The van der Waals surface area contributed by atoms with E-state index in [1.54, 1.807) is 33.9 Å². The zero-order valence-corrected chi connectivity index (χ0v) is 17.2. The van der Waals surface area contributed by atoms with Crippen LogP contribution in [0.15, 0.2) is 85.3 Å². The Balaban J connectivity index is 1.57. The second kappa shape index (κ2) is 8.00. The molecule has 2 aromatic carbocycles. The van der Waals surface area contributed by atoms with E-state index in [0.717, 1.165) is 22.0 Å². The van der Waals surface area contributed by atoms with Crippen molar-refractivity contribution in [1.29, 1.82) is 0 Å². The van der Waals surface area contributed by atoms with Crippen LogP contribution >= 0.6 is 12.2 Å². The lowest BCUT2D eigenvalue weighted by Gasteiger charge is -2.08. The van der Waals surface area contributed by atoms with Crippen molar-refractivity contribution in [3.05, 3.63) is 101 Å². The number of carbonyl (C=O) groups is 1. The molecule has 0 spiro atoms. The lowest BCUT2D eigenvalue weighted by atomic mass is 10.2. The molecular weight excluding hydrogens is 408 g/mol. The number of H-pyrrole nitrogens is 1. The van der Waals surface area contributed by atoms with Crippen molar-refractivity contribution in [3.8, 4) is 11.4 Å². The highest BCUT2D eigenvalue weighted by Crippen LogP contribution is 2.21. The molecule has 0 aliphatic rings. The van der Waals surface area contributed by atoms with Gasteiger partial charge in [-0.15, -0.1) is 5.10 Å². The first kappa shape index (κ1) is 19.0.